The summed E-state index contributed by atoms with van der Waals surface area (Å²) in [6.45, 7) is 1.40. The summed E-state index contributed by atoms with van der Waals surface area (Å²) < 4.78 is 5.44. The number of benzene rings is 1. The van der Waals surface area contributed by atoms with Crippen molar-refractivity contribution in [2.45, 2.75) is 6.10 Å². The smallest absolute Gasteiger partial charge is 0.139 e. The molecule has 0 aliphatic carbocycles. The Labute approximate surface area is 134 Å². The first-order valence-corrected chi connectivity index (χ1v) is 8.02. The summed E-state index contributed by atoms with van der Waals surface area (Å²) in [5.74, 6) is 4.66. The van der Waals surface area contributed by atoms with Crippen LogP contribution in [0.3, 0.4) is 0 Å². The van der Waals surface area contributed by atoms with E-state index in [1.807, 2.05) is 0 Å². The Morgan fingerprint density at radius 2 is 2.25 bits per heavy atom. The average molecular weight is 334 g/mol. The third-order valence-electron chi connectivity index (χ3n) is 2.31. The molecule has 0 amide bonds. The van der Waals surface area contributed by atoms with Crippen molar-refractivity contribution in [2.24, 2.45) is 0 Å². The van der Waals surface area contributed by atoms with E-state index in [-0.39, 0.29) is 6.61 Å². The second kappa shape index (κ2) is 10.2. The summed E-state index contributed by atoms with van der Waals surface area (Å²) in [7, 11) is 0. The summed E-state index contributed by atoms with van der Waals surface area (Å²) in [6, 6.07) is 4.97. The monoisotopic (exact) mass is 333 g/mol. The van der Waals surface area contributed by atoms with Crippen LogP contribution in [-0.4, -0.2) is 42.4 Å². The zero-order valence-electron chi connectivity index (χ0n) is 10.9. The van der Waals surface area contributed by atoms with Gasteiger partial charge in [-0.1, -0.05) is 29.1 Å². The minimum absolute atomic E-state index is 0.157. The van der Waals surface area contributed by atoms with Crippen LogP contribution in [0.5, 0.6) is 5.75 Å². The molecular formula is C14H17Cl2NO2S. The lowest BCUT2D eigenvalue weighted by atomic mass is 10.3. The van der Waals surface area contributed by atoms with Gasteiger partial charge in [0.05, 0.1) is 10.8 Å². The molecule has 0 radical (unpaired) electrons. The molecule has 3 nitrogen and oxygen atoms in total. The minimum atomic E-state index is -0.609. The summed E-state index contributed by atoms with van der Waals surface area (Å²) in [4.78, 5) is 0. The molecule has 0 aliphatic heterocycles. The van der Waals surface area contributed by atoms with E-state index in [0.29, 0.717) is 28.1 Å². The van der Waals surface area contributed by atoms with Crippen molar-refractivity contribution in [3.05, 3.63) is 28.2 Å². The summed E-state index contributed by atoms with van der Waals surface area (Å²) >= 11 is 13.5. The number of rotatable bonds is 9. The average Bonchev–Trinajstić information content (AvgIpc) is 2.43. The fourth-order valence-corrected chi connectivity index (χ4v) is 2.26. The van der Waals surface area contributed by atoms with E-state index >= 15 is 0 Å². The highest BCUT2D eigenvalue weighted by atomic mass is 35.5. The largest absolute Gasteiger partial charge is 0.489 e. The Kier molecular flexibility index (Phi) is 8.92. The first kappa shape index (κ1) is 17.5. The van der Waals surface area contributed by atoms with Crippen molar-refractivity contribution >= 4 is 35.0 Å². The van der Waals surface area contributed by atoms with E-state index in [2.05, 4.69) is 11.2 Å². The quantitative estimate of drug-likeness (QED) is 0.538. The number of hydrogen-bond donors (Lipinski definition) is 2. The van der Waals surface area contributed by atoms with Crippen molar-refractivity contribution in [2.75, 3.05) is 31.2 Å². The first-order chi connectivity index (χ1) is 9.63. The lowest BCUT2D eigenvalue weighted by molar-refractivity contribution is 0.107. The van der Waals surface area contributed by atoms with Crippen molar-refractivity contribution < 1.29 is 9.84 Å². The fraction of sp³-hybridized carbons (Fsp3) is 0.429. The molecule has 0 saturated carbocycles. The van der Waals surface area contributed by atoms with E-state index in [1.165, 1.54) is 0 Å². The van der Waals surface area contributed by atoms with Crippen LogP contribution in [0.4, 0.5) is 0 Å². The van der Waals surface area contributed by atoms with Crippen LogP contribution in [-0.2, 0) is 0 Å². The summed E-state index contributed by atoms with van der Waals surface area (Å²) in [5.41, 5.74) is 0. The van der Waals surface area contributed by atoms with Gasteiger partial charge in [-0.2, -0.15) is 0 Å². The number of halogens is 2. The van der Waals surface area contributed by atoms with Crippen LogP contribution in [0.2, 0.25) is 10.0 Å². The van der Waals surface area contributed by atoms with Gasteiger partial charge in [0, 0.05) is 29.9 Å². The molecule has 1 unspecified atom stereocenters. The Bertz CT molecular complexity index is 451. The van der Waals surface area contributed by atoms with E-state index < -0.39 is 6.10 Å². The molecule has 1 atom stereocenters. The number of terminal acetylenes is 1. The van der Waals surface area contributed by atoms with Crippen LogP contribution in [0.25, 0.3) is 0 Å². The maximum atomic E-state index is 9.77. The van der Waals surface area contributed by atoms with Gasteiger partial charge in [-0.05, 0) is 12.1 Å². The molecule has 1 rings (SSSR count). The van der Waals surface area contributed by atoms with E-state index in [9.17, 15) is 5.11 Å². The van der Waals surface area contributed by atoms with Crippen LogP contribution < -0.4 is 10.1 Å². The van der Waals surface area contributed by atoms with E-state index in [0.717, 1.165) is 12.3 Å². The molecule has 1 aromatic carbocycles. The third kappa shape index (κ3) is 7.28. The first-order valence-electron chi connectivity index (χ1n) is 6.11. The Balaban J connectivity index is 2.18. The minimum Gasteiger partial charge on any atom is -0.489 e. The predicted octanol–water partition coefficient (Wildman–Crippen LogP) is 2.69. The standard InChI is InChI=1S/C14H17Cl2NO2S/c1-2-6-20-7-5-17-9-12(18)10-19-14-8-11(15)3-4-13(14)16/h1,3-4,8,12,17-18H,5-7,9-10H2. The van der Waals surface area contributed by atoms with Crippen LogP contribution in [0, 0.1) is 12.3 Å². The van der Waals surface area contributed by atoms with Crippen LogP contribution in [0.15, 0.2) is 18.2 Å². The predicted molar refractivity (Wildman–Crippen MR) is 87.0 cm³/mol. The van der Waals surface area contributed by atoms with Crippen molar-refractivity contribution in [3.8, 4) is 18.1 Å². The molecule has 110 valence electrons. The molecule has 20 heavy (non-hydrogen) atoms. The second-order valence-corrected chi connectivity index (χ2v) is 5.95. The molecule has 0 fully saturated rings. The van der Waals surface area contributed by atoms with Gasteiger partial charge in [0.2, 0.25) is 0 Å². The molecule has 0 aromatic heterocycles. The van der Waals surface area contributed by atoms with Crippen molar-refractivity contribution in [1.82, 2.24) is 5.32 Å². The van der Waals surface area contributed by atoms with Gasteiger partial charge in [0.25, 0.3) is 0 Å². The molecule has 6 heteroatoms. The highest BCUT2D eigenvalue weighted by Crippen LogP contribution is 2.27. The van der Waals surface area contributed by atoms with Crippen molar-refractivity contribution in [3.63, 3.8) is 0 Å². The number of ether oxygens (including phenoxy) is 1. The van der Waals surface area contributed by atoms with Gasteiger partial charge in [-0.25, -0.2) is 0 Å². The van der Waals surface area contributed by atoms with Gasteiger partial charge in [-0.3, -0.25) is 0 Å². The van der Waals surface area contributed by atoms with Crippen LogP contribution in [0.1, 0.15) is 0 Å². The molecule has 1 aromatic rings. The zero-order chi connectivity index (χ0) is 14.8. The number of aliphatic hydroxyl groups excluding tert-OH is 1. The van der Waals surface area contributed by atoms with E-state index in [1.54, 1.807) is 30.0 Å². The van der Waals surface area contributed by atoms with Gasteiger partial charge in [0.15, 0.2) is 0 Å². The molecular weight excluding hydrogens is 317 g/mol. The highest BCUT2D eigenvalue weighted by molar-refractivity contribution is 7.99. The van der Waals surface area contributed by atoms with Gasteiger partial charge in [0.1, 0.15) is 18.5 Å². The molecule has 0 saturated heterocycles. The molecule has 0 aliphatic rings. The number of aliphatic hydroxyl groups is 1. The van der Waals surface area contributed by atoms with Gasteiger partial charge in [-0.15, -0.1) is 18.2 Å². The third-order valence-corrected chi connectivity index (χ3v) is 3.72. The number of nitrogens with one attached hydrogen (secondary N) is 1. The maximum Gasteiger partial charge on any atom is 0.139 e. The Morgan fingerprint density at radius 1 is 1.45 bits per heavy atom. The zero-order valence-corrected chi connectivity index (χ0v) is 13.3. The molecule has 0 bridgehead atoms. The lowest BCUT2D eigenvalue weighted by Gasteiger charge is -2.14. The Hall–Kier alpha value is -0.570. The highest BCUT2D eigenvalue weighted by Gasteiger charge is 2.07. The molecule has 0 spiro atoms. The second-order valence-electron chi connectivity index (χ2n) is 4.00. The lowest BCUT2D eigenvalue weighted by Crippen LogP contribution is -2.32. The number of hydrogen-bond acceptors (Lipinski definition) is 4. The normalized spacial score (nSPS) is 11.9. The summed E-state index contributed by atoms with van der Waals surface area (Å²) in [5, 5.41) is 13.9. The summed E-state index contributed by atoms with van der Waals surface area (Å²) in [6.07, 6.45) is 4.53. The topological polar surface area (TPSA) is 41.5 Å². The maximum absolute atomic E-state index is 9.77. The van der Waals surface area contributed by atoms with Crippen LogP contribution >= 0.6 is 35.0 Å². The van der Waals surface area contributed by atoms with Gasteiger partial charge >= 0.3 is 0 Å². The van der Waals surface area contributed by atoms with Crippen molar-refractivity contribution in [1.29, 1.82) is 0 Å². The SMILES string of the molecule is C#CCSCCNCC(O)COc1cc(Cl)ccc1Cl. The molecule has 0 heterocycles. The van der Waals surface area contributed by atoms with Gasteiger partial charge < -0.3 is 15.2 Å². The molecule has 2 N–H and O–H groups in total. The Morgan fingerprint density at radius 3 is 3.00 bits per heavy atom. The fourth-order valence-electron chi connectivity index (χ4n) is 1.38. The van der Waals surface area contributed by atoms with E-state index in [4.69, 9.17) is 34.4 Å². The number of thioether (sulfide) groups is 1.